The Hall–Kier alpha value is -7.05. The van der Waals surface area contributed by atoms with E-state index in [1.165, 1.54) is 54.5 Å². The molecule has 0 amide bonds. The Morgan fingerprint density at radius 2 is 0.642 bits per heavy atom. The van der Waals surface area contributed by atoms with Crippen molar-refractivity contribution in [3.05, 3.63) is 187 Å². The molecule has 0 fully saturated rings. The second kappa shape index (κ2) is 11.8. The van der Waals surface area contributed by atoms with E-state index < -0.39 is 0 Å². The van der Waals surface area contributed by atoms with Gasteiger partial charge in [-0.3, -0.25) is 9.13 Å². The predicted molar refractivity (Wildman–Crippen MR) is 216 cm³/mol. The van der Waals surface area contributed by atoms with E-state index in [9.17, 15) is 0 Å². The van der Waals surface area contributed by atoms with Gasteiger partial charge < -0.3 is 4.57 Å². The molecule has 7 aromatic carbocycles. The molecule has 0 atom stereocenters. The minimum absolute atomic E-state index is 0.546. The first-order valence-electron chi connectivity index (χ1n) is 18.0. The summed E-state index contributed by atoms with van der Waals surface area (Å²) in [6.45, 7) is 0.731. The van der Waals surface area contributed by atoms with Crippen molar-refractivity contribution in [1.29, 1.82) is 0 Å². The molecule has 53 heavy (non-hydrogen) atoms. The molecule has 0 aliphatic heterocycles. The molecule has 11 rings (SSSR count). The summed E-state index contributed by atoms with van der Waals surface area (Å²) in [5.74, 6) is 1.91. The van der Waals surface area contributed by atoms with Gasteiger partial charge in [0.1, 0.15) is 5.82 Å². The van der Waals surface area contributed by atoms with Crippen molar-refractivity contribution < 1.29 is 0 Å². The molecule has 4 heterocycles. The van der Waals surface area contributed by atoms with E-state index in [0.717, 1.165) is 28.6 Å². The average molecular weight is 681 g/mol. The van der Waals surface area contributed by atoms with Gasteiger partial charge in [0, 0.05) is 56.3 Å². The van der Waals surface area contributed by atoms with Crippen LogP contribution in [0.4, 0.5) is 0 Å². The molecule has 11 aromatic rings. The molecular weight excluding hydrogens is 649 g/mol. The third kappa shape index (κ3) is 4.62. The van der Waals surface area contributed by atoms with Crippen molar-refractivity contribution in [2.45, 2.75) is 13.0 Å². The van der Waals surface area contributed by atoms with Gasteiger partial charge in [0.15, 0.2) is 0 Å². The van der Waals surface area contributed by atoms with E-state index in [1.807, 2.05) is 0 Å². The number of benzene rings is 7. The lowest BCUT2D eigenvalue weighted by Crippen LogP contribution is -2.13. The van der Waals surface area contributed by atoms with E-state index in [4.69, 9.17) is 15.0 Å². The highest BCUT2D eigenvalue weighted by molar-refractivity contribution is 6.10. The van der Waals surface area contributed by atoms with Crippen LogP contribution in [0, 0.1) is 0 Å². The first-order chi connectivity index (χ1) is 26.3. The third-order valence-electron chi connectivity index (χ3n) is 10.7. The molecule has 0 unspecified atom stereocenters. The van der Waals surface area contributed by atoms with E-state index >= 15 is 0 Å². The fourth-order valence-electron chi connectivity index (χ4n) is 8.35. The standard InChI is InChI=1S/C47H32N6/c1-2-16-32(30-51-39-23-9-3-17-33(39)34-18-4-10-24-40(34)51)31(15-1)29-45-48-46(52-41-25-11-5-19-35(41)36-20-6-12-26-42(36)52)50-47(49-45)53-43-27-13-7-21-37(43)38-22-8-14-28-44(38)53/h1-28H,29-30H2. The zero-order chi connectivity index (χ0) is 34.9. The van der Waals surface area contributed by atoms with Crippen LogP contribution < -0.4 is 0 Å². The van der Waals surface area contributed by atoms with Crippen LogP contribution in [-0.2, 0) is 13.0 Å². The summed E-state index contributed by atoms with van der Waals surface area (Å²) in [5, 5.41) is 7.20. The number of para-hydroxylation sites is 6. The molecule has 4 aromatic heterocycles. The molecule has 0 aliphatic carbocycles. The molecule has 6 nitrogen and oxygen atoms in total. The lowest BCUT2D eigenvalue weighted by molar-refractivity contribution is 0.814. The number of hydrogen-bond acceptors (Lipinski definition) is 3. The van der Waals surface area contributed by atoms with Crippen LogP contribution in [0.3, 0.4) is 0 Å². The Morgan fingerprint density at radius 1 is 0.321 bits per heavy atom. The fourth-order valence-corrected chi connectivity index (χ4v) is 8.35. The second-order valence-electron chi connectivity index (χ2n) is 13.7. The van der Waals surface area contributed by atoms with E-state index in [1.54, 1.807) is 0 Å². The molecule has 0 bridgehead atoms. The van der Waals surface area contributed by atoms with Crippen molar-refractivity contribution in [3.63, 3.8) is 0 Å². The molecular formula is C47H32N6. The summed E-state index contributed by atoms with van der Waals surface area (Å²) >= 11 is 0. The minimum Gasteiger partial charge on any atom is -0.336 e. The maximum absolute atomic E-state index is 5.31. The second-order valence-corrected chi connectivity index (χ2v) is 13.7. The van der Waals surface area contributed by atoms with Gasteiger partial charge in [0.25, 0.3) is 0 Å². The van der Waals surface area contributed by atoms with Gasteiger partial charge in [-0.25, -0.2) is 0 Å². The van der Waals surface area contributed by atoms with Gasteiger partial charge in [0.05, 0.1) is 22.1 Å². The molecule has 6 heteroatoms. The monoisotopic (exact) mass is 680 g/mol. The zero-order valence-electron chi connectivity index (χ0n) is 28.8. The first-order valence-corrected chi connectivity index (χ1v) is 18.0. The summed E-state index contributed by atoms with van der Waals surface area (Å²) < 4.78 is 6.82. The van der Waals surface area contributed by atoms with Gasteiger partial charge >= 0.3 is 0 Å². The van der Waals surface area contributed by atoms with Gasteiger partial charge in [-0.1, -0.05) is 133 Å². The number of aromatic nitrogens is 6. The van der Waals surface area contributed by atoms with Crippen LogP contribution >= 0.6 is 0 Å². The van der Waals surface area contributed by atoms with Crippen molar-refractivity contribution >= 4 is 65.4 Å². The molecule has 0 spiro atoms. The van der Waals surface area contributed by atoms with Crippen LogP contribution in [0.1, 0.15) is 17.0 Å². The van der Waals surface area contributed by atoms with E-state index in [0.29, 0.717) is 24.1 Å². The Balaban J connectivity index is 1.13. The maximum Gasteiger partial charge on any atom is 0.239 e. The summed E-state index contributed by atoms with van der Waals surface area (Å²) in [6, 6.07) is 60.1. The van der Waals surface area contributed by atoms with Crippen molar-refractivity contribution in [3.8, 4) is 11.9 Å². The smallest absolute Gasteiger partial charge is 0.239 e. The van der Waals surface area contributed by atoms with Crippen LogP contribution in [0.25, 0.3) is 77.3 Å². The first kappa shape index (κ1) is 29.7. The van der Waals surface area contributed by atoms with Crippen molar-refractivity contribution in [1.82, 2.24) is 28.7 Å². The van der Waals surface area contributed by atoms with Crippen molar-refractivity contribution in [2.24, 2.45) is 0 Å². The summed E-state index contributed by atoms with van der Waals surface area (Å²) in [5.41, 5.74) is 9.11. The Kier molecular flexibility index (Phi) is 6.58. The van der Waals surface area contributed by atoms with Gasteiger partial charge in [-0.2, -0.15) is 15.0 Å². The van der Waals surface area contributed by atoms with Crippen LogP contribution in [0.2, 0.25) is 0 Å². The molecule has 0 aliphatic rings. The highest BCUT2D eigenvalue weighted by Crippen LogP contribution is 2.34. The highest BCUT2D eigenvalue weighted by Gasteiger charge is 2.20. The normalized spacial score (nSPS) is 11.9. The molecule has 250 valence electrons. The van der Waals surface area contributed by atoms with Gasteiger partial charge in [-0.05, 0) is 47.5 Å². The zero-order valence-corrected chi connectivity index (χ0v) is 28.8. The van der Waals surface area contributed by atoms with E-state index in [-0.39, 0.29) is 0 Å². The molecule has 0 saturated carbocycles. The average Bonchev–Trinajstić information content (AvgIpc) is 3.85. The summed E-state index contributed by atoms with van der Waals surface area (Å²) in [6.07, 6.45) is 0.546. The maximum atomic E-state index is 5.31. The number of nitrogens with zero attached hydrogens (tertiary/aromatic N) is 6. The third-order valence-corrected chi connectivity index (χ3v) is 10.7. The van der Waals surface area contributed by atoms with Crippen LogP contribution in [-0.4, -0.2) is 28.7 Å². The largest absolute Gasteiger partial charge is 0.336 e. The summed E-state index contributed by atoms with van der Waals surface area (Å²) in [4.78, 5) is 15.9. The quantitative estimate of drug-likeness (QED) is 0.176. The van der Waals surface area contributed by atoms with Gasteiger partial charge in [-0.15, -0.1) is 0 Å². The van der Waals surface area contributed by atoms with Crippen LogP contribution in [0.5, 0.6) is 0 Å². The lowest BCUT2D eigenvalue weighted by atomic mass is 10.0. The molecule has 0 saturated heterocycles. The fraction of sp³-hybridized carbons (Fsp3) is 0.0426. The van der Waals surface area contributed by atoms with E-state index in [2.05, 4.69) is 184 Å². The number of hydrogen-bond donors (Lipinski definition) is 0. The molecule has 0 N–H and O–H groups in total. The Labute approximate surface area is 304 Å². The predicted octanol–water partition coefficient (Wildman–Crippen LogP) is 10.8. The van der Waals surface area contributed by atoms with Gasteiger partial charge in [0.2, 0.25) is 11.9 Å². The summed E-state index contributed by atoms with van der Waals surface area (Å²) in [7, 11) is 0. The lowest BCUT2D eigenvalue weighted by Gasteiger charge is -2.15. The topological polar surface area (TPSA) is 53.5 Å². The Bertz CT molecular complexity index is 2910. The molecule has 0 radical (unpaired) electrons. The SMILES string of the molecule is c1ccc(Cn2c3ccccc3c3ccccc32)c(Cc2nc(-n3c4ccccc4c4ccccc43)nc(-n3c4ccccc4c4ccccc43)n2)c1. The highest BCUT2D eigenvalue weighted by atomic mass is 15.3. The Morgan fingerprint density at radius 3 is 1.06 bits per heavy atom. The minimum atomic E-state index is 0.546. The van der Waals surface area contributed by atoms with Crippen LogP contribution in [0.15, 0.2) is 170 Å². The number of rotatable bonds is 6. The number of fused-ring (bicyclic) bond motifs is 9. The van der Waals surface area contributed by atoms with Crippen molar-refractivity contribution in [2.75, 3.05) is 0 Å².